The topological polar surface area (TPSA) is 117 Å². The summed E-state index contributed by atoms with van der Waals surface area (Å²) in [6.07, 6.45) is 4.85. The van der Waals surface area contributed by atoms with Gasteiger partial charge in [-0.1, -0.05) is 11.6 Å². The fraction of sp³-hybridized carbons (Fsp3) is 0.348. The fourth-order valence-corrected chi connectivity index (χ4v) is 4.69. The normalized spacial score (nSPS) is 16.1. The van der Waals surface area contributed by atoms with E-state index in [9.17, 15) is 4.79 Å². The number of nitrogens with one attached hydrogen (secondary N) is 2. The number of H-pyrrole nitrogens is 1. The molecule has 1 aliphatic heterocycles. The molecule has 1 saturated heterocycles. The molecule has 5 rings (SSSR count). The molecule has 1 atom stereocenters. The van der Waals surface area contributed by atoms with Crippen LogP contribution in [0.25, 0.3) is 22.6 Å². The number of carbonyl (C=O) groups is 1. The predicted molar refractivity (Wildman–Crippen MR) is 134 cm³/mol. The Kier molecular flexibility index (Phi) is 6.16. The monoisotopic (exact) mass is 495 g/mol. The highest BCUT2D eigenvalue weighted by Gasteiger charge is 2.29. The molecule has 0 bridgehead atoms. The number of piperazine rings is 1. The Balaban J connectivity index is 1.37. The third kappa shape index (κ3) is 4.23. The highest BCUT2D eigenvalue weighted by atomic mass is 35.5. The molecule has 0 saturated carbocycles. The van der Waals surface area contributed by atoms with Gasteiger partial charge < -0.3 is 24.8 Å². The number of benzene rings is 1. The quantitative estimate of drug-likeness (QED) is 0.419. The third-order valence-electron chi connectivity index (χ3n) is 6.22. The number of halogens is 1. The van der Waals surface area contributed by atoms with Crippen molar-refractivity contribution in [2.24, 2.45) is 0 Å². The molecule has 3 aromatic heterocycles. The van der Waals surface area contributed by atoms with E-state index in [2.05, 4.69) is 35.3 Å². The van der Waals surface area contributed by atoms with E-state index in [1.165, 1.54) is 6.33 Å². The first-order chi connectivity index (χ1) is 17.0. The summed E-state index contributed by atoms with van der Waals surface area (Å²) in [5, 5.41) is 9.05. The van der Waals surface area contributed by atoms with Crippen molar-refractivity contribution in [3.63, 3.8) is 0 Å². The molecule has 12 heteroatoms. The predicted octanol–water partition coefficient (Wildman–Crippen LogP) is 2.66. The third-order valence-corrected chi connectivity index (χ3v) is 6.53. The summed E-state index contributed by atoms with van der Waals surface area (Å²) in [5.74, 6) is 1.83. The number of rotatable bonds is 6. The molecular weight excluding hydrogens is 470 g/mol. The van der Waals surface area contributed by atoms with Crippen molar-refractivity contribution in [2.75, 3.05) is 44.0 Å². The molecule has 182 valence electrons. The number of hydrogen-bond donors (Lipinski definition) is 2. The van der Waals surface area contributed by atoms with Gasteiger partial charge in [0.2, 0.25) is 5.91 Å². The largest absolute Gasteiger partial charge is 0.495 e. The summed E-state index contributed by atoms with van der Waals surface area (Å²) in [7, 11) is 3.39. The fourth-order valence-electron chi connectivity index (χ4n) is 4.50. The first-order valence-corrected chi connectivity index (χ1v) is 11.6. The highest BCUT2D eigenvalue weighted by molar-refractivity contribution is 6.32. The number of nitrogens with zero attached hydrogens (tertiary/aromatic N) is 7. The molecule has 0 aliphatic carbocycles. The van der Waals surface area contributed by atoms with Crippen molar-refractivity contribution in [3.8, 4) is 17.3 Å². The number of imidazole rings is 1. The standard InChI is InChI=1S/C23H26ClN9O2/c1-14-11-31(15-4-5-16(24)17(10-15)35-3)8-9-32(14)18(34)12-33-23-19(21(25-2)28-13-29-23)20(30-33)22-26-6-7-27-22/h4-7,10,13-14H,8-9,11-12H2,1-3H3,(H,26,27)(H,25,28,29)/t14-/m0/s1. The average molecular weight is 496 g/mol. The molecule has 0 spiro atoms. The van der Waals surface area contributed by atoms with Crippen LogP contribution in [0.1, 0.15) is 6.92 Å². The van der Waals surface area contributed by atoms with Crippen LogP contribution in [0.4, 0.5) is 11.5 Å². The van der Waals surface area contributed by atoms with Crippen LogP contribution >= 0.6 is 11.6 Å². The van der Waals surface area contributed by atoms with Crippen LogP contribution in [0.5, 0.6) is 5.75 Å². The van der Waals surface area contributed by atoms with Gasteiger partial charge in [0.1, 0.15) is 30.1 Å². The lowest BCUT2D eigenvalue weighted by Gasteiger charge is -2.41. The van der Waals surface area contributed by atoms with Crippen molar-refractivity contribution in [1.82, 2.24) is 34.6 Å². The van der Waals surface area contributed by atoms with E-state index in [-0.39, 0.29) is 18.5 Å². The Morgan fingerprint density at radius 3 is 2.86 bits per heavy atom. The highest BCUT2D eigenvalue weighted by Crippen LogP contribution is 2.31. The Morgan fingerprint density at radius 1 is 1.29 bits per heavy atom. The number of aromatic amines is 1. The second-order valence-corrected chi connectivity index (χ2v) is 8.72. The molecule has 35 heavy (non-hydrogen) atoms. The minimum atomic E-state index is -0.0224. The van der Waals surface area contributed by atoms with Gasteiger partial charge in [0.05, 0.1) is 17.5 Å². The van der Waals surface area contributed by atoms with E-state index in [0.717, 1.165) is 5.69 Å². The summed E-state index contributed by atoms with van der Waals surface area (Å²) in [6.45, 7) is 4.10. The lowest BCUT2D eigenvalue weighted by atomic mass is 10.1. The summed E-state index contributed by atoms with van der Waals surface area (Å²) in [4.78, 5) is 33.6. The SMILES string of the molecule is CNc1ncnc2c1c(-c1ncc[nH]1)nn2CC(=O)N1CCN(c2ccc(Cl)c(OC)c2)C[C@@H]1C. The van der Waals surface area contributed by atoms with Gasteiger partial charge in [-0.05, 0) is 19.1 Å². The van der Waals surface area contributed by atoms with Gasteiger partial charge in [-0.15, -0.1) is 0 Å². The lowest BCUT2D eigenvalue weighted by Crippen LogP contribution is -2.54. The van der Waals surface area contributed by atoms with Crippen LogP contribution in [0.2, 0.25) is 5.02 Å². The van der Waals surface area contributed by atoms with Crippen LogP contribution in [-0.4, -0.2) is 80.4 Å². The summed E-state index contributed by atoms with van der Waals surface area (Å²) >= 11 is 6.18. The van der Waals surface area contributed by atoms with E-state index in [1.807, 2.05) is 30.0 Å². The van der Waals surface area contributed by atoms with Crippen LogP contribution in [0.15, 0.2) is 36.9 Å². The number of fused-ring (bicyclic) bond motifs is 1. The average Bonchev–Trinajstić information content (AvgIpc) is 3.52. The molecule has 1 aliphatic rings. The number of aromatic nitrogens is 6. The molecule has 1 aromatic carbocycles. The van der Waals surface area contributed by atoms with E-state index in [4.69, 9.17) is 16.3 Å². The molecular formula is C23H26ClN9O2. The van der Waals surface area contributed by atoms with Crippen molar-refractivity contribution in [2.45, 2.75) is 19.5 Å². The number of anilines is 2. The number of hydrogen-bond acceptors (Lipinski definition) is 8. The van der Waals surface area contributed by atoms with E-state index in [0.29, 0.717) is 58.8 Å². The van der Waals surface area contributed by atoms with Crippen molar-refractivity contribution in [1.29, 1.82) is 0 Å². The molecule has 4 heterocycles. The minimum absolute atomic E-state index is 0.00629. The van der Waals surface area contributed by atoms with Crippen LogP contribution in [0, 0.1) is 0 Å². The first kappa shape index (κ1) is 22.9. The van der Waals surface area contributed by atoms with Gasteiger partial charge in [-0.3, -0.25) is 4.79 Å². The summed E-state index contributed by atoms with van der Waals surface area (Å²) < 4.78 is 6.98. The Bertz CT molecular complexity index is 1350. The van der Waals surface area contributed by atoms with Gasteiger partial charge in [0.15, 0.2) is 11.5 Å². The maximum atomic E-state index is 13.4. The van der Waals surface area contributed by atoms with Gasteiger partial charge in [0.25, 0.3) is 0 Å². The smallest absolute Gasteiger partial charge is 0.244 e. The van der Waals surface area contributed by atoms with Gasteiger partial charge in [-0.25, -0.2) is 19.6 Å². The van der Waals surface area contributed by atoms with Crippen LogP contribution < -0.4 is 15.0 Å². The van der Waals surface area contributed by atoms with E-state index >= 15 is 0 Å². The molecule has 0 radical (unpaired) electrons. The molecule has 11 nitrogen and oxygen atoms in total. The Hall–Kier alpha value is -3.86. The second-order valence-electron chi connectivity index (χ2n) is 8.32. The van der Waals surface area contributed by atoms with Crippen molar-refractivity contribution < 1.29 is 9.53 Å². The summed E-state index contributed by atoms with van der Waals surface area (Å²) in [5.41, 5.74) is 2.18. The minimum Gasteiger partial charge on any atom is -0.495 e. The maximum Gasteiger partial charge on any atom is 0.244 e. The van der Waals surface area contributed by atoms with Crippen molar-refractivity contribution >= 4 is 40.0 Å². The van der Waals surface area contributed by atoms with Gasteiger partial charge >= 0.3 is 0 Å². The zero-order chi connectivity index (χ0) is 24.5. The molecule has 1 fully saturated rings. The number of amides is 1. The molecule has 0 unspecified atom stereocenters. The van der Waals surface area contributed by atoms with E-state index in [1.54, 1.807) is 31.2 Å². The summed E-state index contributed by atoms with van der Waals surface area (Å²) in [6, 6.07) is 5.74. The van der Waals surface area contributed by atoms with Crippen LogP contribution in [-0.2, 0) is 11.3 Å². The zero-order valence-electron chi connectivity index (χ0n) is 19.7. The zero-order valence-corrected chi connectivity index (χ0v) is 20.5. The Morgan fingerprint density at radius 2 is 2.14 bits per heavy atom. The van der Waals surface area contributed by atoms with Gasteiger partial charge in [-0.2, -0.15) is 5.10 Å². The number of methoxy groups -OCH3 is 1. The first-order valence-electron chi connectivity index (χ1n) is 11.3. The number of carbonyl (C=O) groups excluding carboxylic acids is 1. The van der Waals surface area contributed by atoms with E-state index < -0.39 is 0 Å². The maximum absolute atomic E-state index is 13.4. The number of ether oxygens (including phenoxy) is 1. The lowest BCUT2D eigenvalue weighted by molar-refractivity contribution is -0.134. The Labute approximate surface area is 207 Å². The van der Waals surface area contributed by atoms with Crippen molar-refractivity contribution in [3.05, 3.63) is 41.9 Å². The molecule has 2 N–H and O–H groups in total. The molecule has 4 aromatic rings. The van der Waals surface area contributed by atoms with Gasteiger partial charge in [0, 0.05) is 56.9 Å². The molecule has 1 amide bonds. The van der Waals surface area contributed by atoms with Crippen LogP contribution in [0.3, 0.4) is 0 Å². The second kappa shape index (κ2) is 9.41.